The Morgan fingerprint density at radius 2 is 1.89 bits per heavy atom. The summed E-state index contributed by atoms with van der Waals surface area (Å²) in [4.78, 5) is 23.1. The van der Waals surface area contributed by atoms with E-state index in [1.807, 2.05) is 26.0 Å². The molecule has 0 saturated carbocycles. The minimum absolute atomic E-state index is 0.130. The maximum absolute atomic E-state index is 12.0. The molecule has 0 fully saturated rings. The average Bonchev–Trinajstić information content (AvgIpc) is 2.38. The summed E-state index contributed by atoms with van der Waals surface area (Å²) in [5, 5.41) is 11.8. The molecule has 0 radical (unpaired) electrons. The first-order chi connectivity index (χ1) is 8.80. The first-order valence-electron chi connectivity index (χ1n) is 6.39. The third-order valence-electron chi connectivity index (χ3n) is 3.70. The summed E-state index contributed by atoms with van der Waals surface area (Å²) in [7, 11) is 0. The van der Waals surface area contributed by atoms with Crippen LogP contribution < -0.4 is 5.32 Å². The molecule has 1 unspecified atom stereocenters. The number of hydrogen-bond acceptors (Lipinski definition) is 2. The first kappa shape index (κ1) is 15.2. The molecule has 0 aliphatic rings. The van der Waals surface area contributed by atoms with E-state index in [0.717, 1.165) is 11.1 Å². The zero-order chi connectivity index (χ0) is 14.6. The van der Waals surface area contributed by atoms with Gasteiger partial charge in [0.05, 0.1) is 5.41 Å². The van der Waals surface area contributed by atoms with Gasteiger partial charge >= 0.3 is 5.97 Å². The molecule has 1 aromatic carbocycles. The molecule has 1 atom stereocenters. The van der Waals surface area contributed by atoms with E-state index in [9.17, 15) is 9.59 Å². The number of aliphatic carboxylic acids is 1. The molecule has 2 N–H and O–H groups in total. The van der Waals surface area contributed by atoms with Crippen LogP contribution in [-0.2, 0) is 4.79 Å². The van der Waals surface area contributed by atoms with Gasteiger partial charge in [0.2, 0.25) is 0 Å². The molecule has 4 heteroatoms. The van der Waals surface area contributed by atoms with Crippen molar-refractivity contribution in [3.63, 3.8) is 0 Å². The maximum Gasteiger partial charge on any atom is 0.311 e. The van der Waals surface area contributed by atoms with Crippen LogP contribution in [0.2, 0.25) is 0 Å². The van der Waals surface area contributed by atoms with Crippen molar-refractivity contribution in [2.45, 2.75) is 34.1 Å². The highest BCUT2D eigenvalue weighted by Crippen LogP contribution is 2.20. The second-order valence-corrected chi connectivity index (χ2v) is 5.20. The molecule has 1 aromatic rings. The van der Waals surface area contributed by atoms with Crippen molar-refractivity contribution >= 4 is 11.9 Å². The first-order valence-corrected chi connectivity index (χ1v) is 6.39. The van der Waals surface area contributed by atoms with E-state index >= 15 is 0 Å². The zero-order valence-corrected chi connectivity index (χ0v) is 11.9. The van der Waals surface area contributed by atoms with Gasteiger partial charge in [-0.25, -0.2) is 0 Å². The Kier molecular flexibility index (Phi) is 4.70. The van der Waals surface area contributed by atoms with Crippen molar-refractivity contribution in [1.82, 2.24) is 5.32 Å². The normalized spacial score (nSPS) is 13.7. The molecular formula is C15H21NO3. The van der Waals surface area contributed by atoms with E-state index in [4.69, 9.17) is 5.11 Å². The van der Waals surface area contributed by atoms with Crippen molar-refractivity contribution in [1.29, 1.82) is 0 Å². The molecule has 4 nitrogen and oxygen atoms in total. The number of rotatable bonds is 5. The summed E-state index contributed by atoms with van der Waals surface area (Å²) in [6.07, 6.45) is 0.468. The van der Waals surface area contributed by atoms with Gasteiger partial charge in [-0.05, 0) is 50.5 Å². The molecule has 0 aliphatic heterocycles. The number of nitrogens with one attached hydrogen (secondary N) is 1. The van der Waals surface area contributed by atoms with Crippen molar-refractivity contribution in [2.24, 2.45) is 5.41 Å². The fourth-order valence-electron chi connectivity index (χ4n) is 1.61. The van der Waals surface area contributed by atoms with Crippen molar-refractivity contribution in [3.05, 3.63) is 34.9 Å². The highest BCUT2D eigenvalue weighted by atomic mass is 16.4. The summed E-state index contributed by atoms with van der Waals surface area (Å²) in [6, 6.07) is 5.46. The Morgan fingerprint density at radius 1 is 1.26 bits per heavy atom. The average molecular weight is 263 g/mol. The van der Waals surface area contributed by atoms with Gasteiger partial charge in [0.1, 0.15) is 0 Å². The molecular weight excluding hydrogens is 242 g/mol. The van der Waals surface area contributed by atoms with Gasteiger partial charge in [-0.3, -0.25) is 9.59 Å². The largest absolute Gasteiger partial charge is 0.481 e. The summed E-state index contributed by atoms with van der Waals surface area (Å²) in [5.41, 5.74) is 1.81. The lowest BCUT2D eigenvalue weighted by molar-refractivity contribution is -0.147. The van der Waals surface area contributed by atoms with E-state index in [-0.39, 0.29) is 12.5 Å². The molecule has 19 heavy (non-hydrogen) atoms. The number of carboxylic acids is 1. The van der Waals surface area contributed by atoms with Crippen LogP contribution >= 0.6 is 0 Å². The fraction of sp³-hybridized carbons (Fsp3) is 0.467. The predicted octanol–water partition coefficient (Wildman–Crippen LogP) is 2.53. The number of amides is 1. The third-order valence-corrected chi connectivity index (χ3v) is 3.70. The molecule has 1 rings (SSSR count). The van der Waals surface area contributed by atoms with Gasteiger partial charge in [-0.2, -0.15) is 0 Å². The van der Waals surface area contributed by atoms with Crippen LogP contribution in [0.25, 0.3) is 0 Å². The Balaban J connectivity index is 2.75. The Labute approximate surface area is 113 Å². The van der Waals surface area contributed by atoms with Gasteiger partial charge in [0.25, 0.3) is 5.91 Å². The van der Waals surface area contributed by atoms with Crippen LogP contribution in [-0.4, -0.2) is 23.5 Å². The predicted molar refractivity (Wildman–Crippen MR) is 74.3 cm³/mol. The quantitative estimate of drug-likeness (QED) is 0.858. The van der Waals surface area contributed by atoms with Crippen molar-refractivity contribution in [2.75, 3.05) is 6.54 Å². The minimum atomic E-state index is -0.921. The summed E-state index contributed by atoms with van der Waals surface area (Å²) >= 11 is 0. The van der Waals surface area contributed by atoms with Gasteiger partial charge in [0.15, 0.2) is 0 Å². The lowest BCUT2D eigenvalue weighted by Gasteiger charge is -2.23. The highest BCUT2D eigenvalue weighted by Gasteiger charge is 2.31. The van der Waals surface area contributed by atoms with Crippen LogP contribution in [0, 0.1) is 19.3 Å². The molecule has 0 spiro atoms. The van der Waals surface area contributed by atoms with E-state index in [1.54, 1.807) is 19.9 Å². The molecule has 0 aliphatic carbocycles. The number of benzene rings is 1. The second-order valence-electron chi connectivity index (χ2n) is 5.20. The van der Waals surface area contributed by atoms with Crippen LogP contribution in [0.3, 0.4) is 0 Å². The Morgan fingerprint density at radius 3 is 2.37 bits per heavy atom. The maximum atomic E-state index is 12.0. The summed E-state index contributed by atoms with van der Waals surface area (Å²) in [5.74, 6) is -1.13. The Hall–Kier alpha value is -1.84. The van der Waals surface area contributed by atoms with Crippen LogP contribution in [0.5, 0.6) is 0 Å². The number of carbonyl (C=O) groups is 2. The van der Waals surface area contributed by atoms with Gasteiger partial charge in [-0.1, -0.05) is 13.0 Å². The van der Waals surface area contributed by atoms with Crippen LogP contribution in [0.4, 0.5) is 0 Å². The topological polar surface area (TPSA) is 66.4 Å². The molecule has 0 aromatic heterocycles. The smallest absolute Gasteiger partial charge is 0.311 e. The molecule has 0 saturated heterocycles. The van der Waals surface area contributed by atoms with Crippen LogP contribution in [0.1, 0.15) is 41.8 Å². The number of carbonyl (C=O) groups excluding carboxylic acids is 1. The standard InChI is InChI=1S/C15H21NO3/c1-5-15(4,14(18)19)9-16-13(17)12-7-6-10(2)11(3)8-12/h6-8H,5,9H2,1-4H3,(H,16,17)(H,18,19). The Bertz CT molecular complexity index is 496. The van der Waals surface area contributed by atoms with Gasteiger partial charge in [0, 0.05) is 12.1 Å². The van der Waals surface area contributed by atoms with Crippen molar-refractivity contribution < 1.29 is 14.7 Å². The molecule has 0 bridgehead atoms. The van der Waals surface area contributed by atoms with E-state index in [2.05, 4.69) is 5.32 Å². The van der Waals surface area contributed by atoms with E-state index < -0.39 is 11.4 Å². The number of aryl methyl sites for hydroxylation is 2. The zero-order valence-electron chi connectivity index (χ0n) is 11.9. The molecule has 1 amide bonds. The second kappa shape index (κ2) is 5.87. The monoisotopic (exact) mass is 263 g/mol. The van der Waals surface area contributed by atoms with Crippen molar-refractivity contribution in [3.8, 4) is 0 Å². The van der Waals surface area contributed by atoms with Gasteiger partial charge in [-0.15, -0.1) is 0 Å². The third kappa shape index (κ3) is 3.56. The number of hydrogen-bond donors (Lipinski definition) is 2. The van der Waals surface area contributed by atoms with Gasteiger partial charge < -0.3 is 10.4 Å². The fourth-order valence-corrected chi connectivity index (χ4v) is 1.61. The lowest BCUT2D eigenvalue weighted by Crippen LogP contribution is -2.40. The van der Waals surface area contributed by atoms with E-state index in [0.29, 0.717) is 12.0 Å². The molecule has 104 valence electrons. The SMILES string of the molecule is CCC(C)(CNC(=O)c1ccc(C)c(C)c1)C(=O)O. The minimum Gasteiger partial charge on any atom is -0.481 e. The lowest BCUT2D eigenvalue weighted by atomic mass is 9.87. The highest BCUT2D eigenvalue weighted by molar-refractivity contribution is 5.94. The number of carboxylic acid groups (broad SMARTS) is 1. The summed E-state index contributed by atoms with van der Waals surface area (Å²) in [6.45, 7) is 7.49. The van der Waals surface area contributed by atoms with E-state index in [1.165, 1.54) is 0 Å². The van der Waals surface area contributed by atoms with Crippen LogP contribution in [0.15, 0.2) is 18.2 Å². The molecule has 0 heterocycles. The summed E-state index contributed by atoms with van der Waals surface area (Å²) < 4.78 is 0.